The van der Waals surface area contributed by atoms with E-state index in [9.17, 15) is 22.8 Å². The maximum atomic E-state index is 12.4. The van der Waals surface area contributed by atoms with Gasteiger partial charge in [-0.2, -0.15) is 4.72 Å². The van der Waals surface area contributed by atoms with Gasteiger partial charge in [-0.15, -0.1) is 0 Å². The lowest BCUT2D eigenvalue weighted by Gasteiger charge is -2.15. The standard InChI is InChI=1S/C18H20N4O5S/c1-12(17(24)20-21-18(25)14-6-4-3-5-7-14)22-28(26,27)16-10-8-15(9-11-16)19-13(2)23/h3-12,22H,1-2H3,(H,19,23)(H,20,24)(H,21,25). The number of benzene rings is 2. The van der Waals surface area contributed by atoms with Crippen molar-refractivity contribution in [1.82, 2.24) is 15.6 Å². The molecule has 2 aromatic carbocycles. The molecule has 10 heteroatoms. The fraction of sp³-hybridized carbons (Fsp3) is 0.167. The van der Waals surface area contributed by atoms with Gasteiger partial charge >= 0.3 is 0 Å². The van der Waals surface area contributed by atoms with Crippen molar-refractivity contribution in [1.29, 1.82) is 0 Å². The van der Waals surface area contributed by atoms with E-state index in [4.69, 9.17) is 0 Å². The van der Waals surface area contributed by atoms with E-state index in [0.717, 1.165) is 0 Å². The van der Waals surface area contributed by atoms with Gasteiger partial charge in [0, 0.05) is 18.2 Å². The number of hydrogen-bond donors (Lipinski definition) is 4. The van der Waals surface area contributed by atoms with Crippen molar-refractivity contribution < 1.29 is 22.8 Å². The number of hydrazine groups is 1. The maximum Gasteiger partial charge on any atom is 0.269 e. The molecule has 0 saturated heterocycles. The van der Waals surface area contributed by atoms with Crippen molar-refractivity contribution in [2.24, 2.45) is 0 Å². The number of anilines is 1. The number of carbonyl (C=O) groups is 3. The van der Waals surface area contributed by atoms with E-state index >= 15 is 0 Å². The first-order valence-corrected chi connectivity index (χ1v) is 9.72. The summed E-state index contributed by atoms with van der Waals surface area (Å²) >= 11 is 0. The largest absolute Gasteiger partial charge is 0.326 e. The molecule has 4 N–H and O–H groups in total. The van der Waals surface area contributed by atoms with Crippen LogP contribution in [-0.2, 0) is 19.6 Å². The second-order valence-electron chi connectivity index (χ2n) is 5.86. The van der Waals surface area contributed by atoms with Crippen LogP contribution in [0, 0.1) is 0 Å². The lowest BCUT2D eigenvalue weighted by Crippen LogP contribution is -2.51. The molecular weight excluding hydrogens is 384 g/mol. The molecule has 2 rings (SSSR count). The first kappa shape index (κ1) is 21.1. The highest BCUT2D eigenvalue weighted by molar-refractivity contribution is 7.89. The summed E-state index contributed by atoms with van der Waals surface area (Å²) in [4.78, 5) is 34.9. The summed E-state index contributed by atoms with van der Waals surface area (Å²) in [7, 11) is -3.98. The average Bonchev–Trinajstić information content (AvgIpc) is 2.66. The van der Waals surface area contributed by atoms with Gasteiger partial charge in [-0.1, -0.05) is 18.2 Å². The van der Waals surface area contributed by atoms with Gasteiger partial charge in [0.1, 0.15) is 0 Å². The SMILES string of the molecule is CC(=O)Nc1ccc(S(=O)(=O)NC(C)C(=O)NNC(=O)c2ccccc2)cc1. The van der Waals surface area contributed by atoms with Crippen LogP contribution in [0.2, 0.25) is 0 Å². The third-order valence-electron chi connectivity index (χ3n) is 3.55. The fourth-order valence-corrected chi connectivity index (χ4v) is 3.37. The van der Waals surface area contributed by atoms with Gasteiger partial charge < -0.3 is 5.32 Å². The van der Waals surface area contributed by atoms with Gasteiger partial charge in [-0.3, -0.25) is 25.2 Å². The maximum absolute atomic E-state index is 12.4. The van der Waals surface area contributed by atoms with Crippen LogP contribution in [0.3, 0.4) is 0 Å². The lowest BCUT2D eigenvalue weighted by molar-refractivity contribution is -0.123. The Labute approximate surface area is 162 Å². The summed E-state index contributed by atoms with van der Waals surface area (Å²) in [5.74, 6) is -1.54. The summed E-state index contributed by atoms with van der Waals surface area (Å²) in [6.07, 6.45) is 0. The van der Waals surface area contributed by atoms with Crippen LogP contribution >= 0.6 is 0 Å². The molecule has 0 aliphatic rings. The average molecular weight is 404 g/mol. The number of hydrogen-bond acceptors (Lipinski definition) is 5. The molecule has 0 fully saturated rings. The Morgan fingerprint density at radius 3 is 2.07 bits per heavy atom. The fourth-order valence-electron chi connectivity index (χ4n) is 2.16. The third-order valence-corrected chi connectivity index (χ3v) is 5.10. The zero-order valence-corrected chi connectivity index (χ0v) is 16.0. The Bertz CT molecular complexity index is 959. The third kappa shape index (κ3) is 5.89. The van der Waals surface area contributed by atoms with Crippen LogP contribution in [-0.4, -0.2) is 32.2 Å². The Balaban J connectivity index is 1.94. The predicted molar refractivity (Wildman–Crippen MR) is 103 cm³/mol. The molecule has 0 aromatic heterocycles. The second kappa shape index (κ2) is 9.11. The van der Waals surface area contributed by atoms with Crippen LogP contribution in [0.25, 0.3) is 0 Å². The van der Waals surface area contributed by atoms with Crippen LogP contribution in [0.4, 0.5) is 5.69 Å². The molecule has 0 radical (unpaired) electrons. The van der Waals surface area contributed by atoms with Crippen LogP contribution in [0.1, 0.15) is 24.2 Å². The minimum Gasteiger partial charge on any atom is -0.326 e. The molecule has 0 aliphatic heterocycles. The van der Waals surface area contributed by atoms with Crippen LogP contribution in [0.15, 0.2) is 59.5 Å². The first-order chi connectivity index (χ1) is 13.2. The number of carbonyl (C=O) groups excluding carboxylic acids is 3. The van der Waals surface area contributed by atoms with Gasteiger partial charge in [0.2, 0.25) is 15.9 Å². The monoisotopic (exact) mass is 404 g/mol. The molecule has 0 heterocycles. The Kier molecular flexibility index (Phi) is 6.85. The molecule has 28 heavy (non-hydrogen) atoms. The zero-order chi connectivity index (χ0) is 20.7. The van der Waals surface area contributed by atoms with Crippen molar-refractivity contribution in [3.63, 3.8) is 0 Å². The molecule has 2 aromatic rings. The Hall–Kier alpha value is -3.24. The number of nitrogens with one attached hydrogen (secondary N) is 4. The lowest BCUT2D eigenvalue weighted by atomic mass is 10.2. The van der Waals surface area contributed by atoms with E-state index in [-0.39, 0.29) is 10.8 Å². The molecule has 0 saturated carbocycles. The van der Waals surface area contributed by atoms with Crippen LogP contribution in [0.5, 0.6) is 0 Å². The molecular formula is C18H20N4O5S. The van der Waals surface area contributed by atoms with E-state index < -0.39 is 27.9 Å². The van der Waals surface area contributed by atoms with Gasteiger partial charge in [-0.25, -0.2) is 8.42 Å². The molecule has 1 atom stereocenters. The van der Waals surface area contributed by atoms with Crippen LogP contribution < -0.4 is 20.9 Å². The molecule has 0 spiro atoms. The van der Waals surface area contributed by atoms with Crippen molar-refractivity contribution in [2.45, 2.75) is 24.8 Å². The summed E-state index contributed by atoms with van der Waals surface area (Å²) in [6.45, 7) is 2.68. The minimum absolute atomic E-state index is 0.0745. The highest BCUT2D eigenvalue weighted by Gasteiger charge is 2.22. The van der Waals surface area contributed by atoms with Gasteiger partial charge in [-0.05, 0) is 43.3 Å². The summed E-state index contributed by atoms with van der Waals surface area (Å²) in [5.41, 5.74) is 5.18. The molecule has 0 aliphatic carbocycles. The van der Waals surface area contributed by atoms with E-state index in [1.54, 1.807) is 30.3 Å². The minimum atomic E-state index is -3.98. The topological polar surface area (TPSA) is 133 Å². The van der Waals surface area contributed by atoms with Crippen molar-refractivity contribution in [2.75, 3.05) is 5.32 Å². The summed E-state index contributed by atoms with van der Waals surface area (Å²) in [5, 5.41) is 2.52. The quantitative estimate of drug-likeness (QED) is 0.528. The Morgan fingerprint density at radius 2 is 1.50 bits per heavy atom. The van der Waals surface area contributed by atoms with E-state index in [1.807, 2.05) is 0 Å². The van der Waals surface area contributed by atoms with Gasteiger partial charge in [0.25, 0.3) is 11.8 Å². The molecule has 0 bridgehead atoms. The van der Waals surface area contributed by atoms with Crippen molar-refractivity contribution in [3.05, 3.63) is 60.2 Å². The predicted octanol–water partition coefficient (Wildman–Crippen LogP) is 0.773. The summed E-state index contributed by atoms with van der Waals surface area (Å²) in [6, 6.07) is 12.5. The zero-order valence-electron chi connectivity index (χ0n) is 15.2. The number of sulfonamides is 1. The summed E-state index contributed by atoms with van der Waals surface area (Å²) < 4.78 is 27.0. The Morgan fingerprint density at radius 1 is 0.893 bits per heavy atom. The van der Waals surface area contributed by atoms with E-state index in [1.165, 1.54) is 38.1 Å². The highest BCUT2D eigenvalue weighted by atomic mass is 32.2. The first-order valence-electron chi connectivity index (χ1n) is 8.24. The van der Waals surface area contributed by atoms with E-state index in [0.29, 0.717) is 11.3 Å². The molecule has 3 amide bonds. The molecule has 9 nitrogen and oxygen atoms in total. The molecule has 148 valence electrons. The van der Waals surface area contributed by atoms with Crippen molar-refractivity contribution >= 4 is 33.4 Å². The normalized spacial score (nSPS) is 11.9. The number of rotatable bonds is 6. The second-order valence-corrected chi connectivity index (χ2v) is 7.57. The van der Waals surface area contributed by atoms with E-state index in [2.05, 4.69) is 20.9 Å². The highest BCUT2D eigenvalue weighted by Crippen LogP contribution is 2.14. The van der Waals surface area contributed by atoms with Gasteiger partial charge in [0.15, 0.2) is 0 Å². The smallest absolute Gasteiger partial charge is 0.269 e. The van der Waals surface area contributed by atoms with Crippen molar-refractivity contribution in [3.8, 4) is 0 Å². The number of amides is 3. The van der Waals surface area contributed by atoms with Gasteiger partial charge in [0.05, 0.1) is 10.9 Å². The molecule has 1 unspecified atom stereocenters.